The molecule has 2 heterocycles. The van der Waals surface area contributed by atoms with Crippen molar-refractivity contribution < 1.29 is 22.7 Å². The molecule has 1 aromatic heterocycles. The molecule has 0 bridgehead atoms. The quantitative estimate of drug-likeness (QED) is 0.487. The van der Waals surface area contributed by atoms with Gasteiger partial charge in [0.25, 0.3) is 0 Å². The zero-order valence-corrected chi connectivity index (χ0v) is 18.3. The first kappa shape index (κ1) is 22.2. The number of halogens is 3. The van der Waals surface area contributed by atoms with Gasteiger partial charge in [-0.25, -0.2) is 0 Å². The van der Waals surface area contributed by atoms with Crippen molar-refractivity contribution in [2.45, 2.75) is 51.2 Å². The average Bonchev–Trinajstić information content (AvgIpc) is 3.17. The number of H-pyrrole nitrogens is 1. The molecule has 1 atom stereocenters. The Morgan fingerprint density at radius 2 is 2.00 bits per heavy atom. The fourth-order valence-electron chi connectivity index (χ4n) is 4.81. The number of aromatic amines is 1. The number of carbonyl (C=O) groups excluding carboxylic acids is 1. The fraction of sp³-hybridized carbons (Fsp3) is 0.400. The number of benzene rings is 2. The number of alkyl halides is 3. The minimum atomic E-state index is -4.27. The van der Waals surface area contributed by atoms with Crippen molar-refractivity contribution in [2.24, 2.45) is 0 Å². The van der Waals surface area contributed by atoms with Crippen molar-refractivity contribution in [3.63, 3.8) is 0 Å². The number of carbonyl (C=O) groups is 1. The van der Waals surface area contributed by atoms with Crippen LogP contribution in [-0.4, -0.2) is 36.1 Å². The minimum absolute atomic E-state index is 0.246. The summed E-state index contributed by atoms with van der Waals surface area (Å²) in [5.41, 5.74) is 5.04. The van der Waals surface area contributed by atoms with Gasteiger partial charge in [0.05, 0.1) is 19.6 Å². The van der Waals surface area contributed by atoms with E-state index in [1.807, 2.05) is 37.4 Å². The van der Waals surface area contributed by atoms with Crippen LogP contribution in [-0.2, 0) is 30.5 Å². The van der Waals surface area contributed by atoms with Crippen molar-refractivity contribution in [3.8, 4) is 5.75 Å². The molecule has 1 unspecified atom stereocenters. The summed E-state index contributed by atoms with van der Waals surface area (Å²) in [6.07, 6.45) is 0.0946. The highest BCUT2D eigenvalue weighted by Gasteiger charge is 2.32. The SMILES string of the molecule is CCc1cc2c(cc1CC(F)(F)F)C(CCc1c[nH]c3ccc(OC)cc13)N(C=O)CC2. The normalized spacial score (nSPS) is 16.3. The molecule has 2 aromatic carbocycles. The van der Waals surface area contributed by atoms with Gasteiger partial charge in [0.2, 0.25) is 6.41 Å². The smallest absolute Gasteiger partial charge is 0.393 e. The van der Waals surface area contributed by atoms with Crippen LogP contribution in [0.1, 0.15) is 47.2 Å². The maximum atomic E-state index is 13.2. The molecule has 0 fully saturated rings. The Morgan fingerprint density at radius 1 is 1.19 bits per heavy atom. The molecule has 3 aromatic rings. The number of hydrogen-bond donors (Lipinski definition) is 1. The van der Waals surface area contributed by atoms with Gasteiger partial charge in [0.1, 0.15) is 5.75 Å². The van der Waals surface area contributed by atoms with E-state index in [0.717, 1.165) is 45.3 Å². The fourth-order valence-corrected chi connectivity index (χ4v) is 4.81. The Kier molecular flexibility index (Phi) is 6.17. The van der Waals surface area contributed by atoms with Gasteiger partial charge < -0.3 is 14.6 Å². The number of rotatable bonds is 7. The summed E-state index contributed by atoms with van der Waals surface area (Å²) in [7, 11) is 1.62. The largest absolute Gasteiger partial charge is 0.497 e. The number of aromatic nitrogens is 1. The summed E-state index contributed by atoms with van der Waals surface area (Å²) >= 11 is 0. The third kappa shape index (κ3) is 4.47. The topological polar surface area (TPSA) is 45.3 Å². The second kappa shape index (κ2) is 8.88. The Balaban J connectivity index is 1.66. The molecule has 4 rings (SSSR count). The lowest BCUT2D eigenvalue weighted by atomic mass is 9.85. The van der Waals surface area contributed by atoms with Crippen LogP contribution in [0.3, 0.4) is 0 Å². The van der Waals surface area contributed by atoms with Crippen LogP contribution in [0.25, 0.3) is 10.9 Å². The standard InChI is InChI=1S/C25H27F3N2O2/c1-3-16-10-17-8-9-30(15-31)24(22(17)11-19(16)13-25(26,27)28)7-4-18-14-29-23-6-5-20(32-2)12-21(18)23/h5-6,10-12,14-15,24,29H,3-4,7-9,13H2,1-2H3. The number of aryl methyl sites for hydroxylation is 2. The average molecular weight is 444 g/mol. The van der Waals surface area contributed by atoms with Gasteiger partial charge in [-0.15, -0.1) is 0 Å². The van der Waals surface area contributed by atoms with E-state index < -0.39 is 12.6 Å². The van der Waals surface area contributed by atoms with Crippen LogP contribution >= 0.6 is 0 Å². The lowest BCUT2D eigenvalue weighted by molar-refractivity contribution is -0.127. The van der Waals surface area contributed by atoms with E-state index >= 15 is 0 Å². The summed E-state index contributed by atoms with van der Waals surface area (Å²) < 4.78 is 44.9. The highest BCUT2D eigenvalue weighted by Crippen LogP contribution is 2.37. The van der Waals surface area contributed by atoms with E-state index in [2.05, 4.69) is 4.98 Å². The van der Waals surface area contributed by atoms with E-state index in [1.54, 1.807) is 18.1 Å². The molecular weight excluding hydrogens is 417 g/mol. The number of amides is 1. The number of ether oxygens (including phenoxy) is 1. The van der Waals surface area contributed by atoms with Crippen molar-refractivity contribution in [3.05, 3.63) is 64.3 Å². The number of hydrogen-bond acceptors (Lipinski definition) is 2. The summed E-state index contributed by atoms with van der Waals surface area (Å²) in [5.74, 6) is 0.764. The van der Waals surface area contributed by atoms with E-state index in [9.17, 15) is 18.0 Å². The zero-order valence-electron chi connectivity index (χ0n) is 18.3. The summed E-state index contributed by atoms with van der Waals surface area (Å²) in [5, 5.41) is 1.05. The first-order valence-electron chi connectivity index (χ1n) is 10.9. The second-order valence-corrected chi connectivity index (χ2v) is 8.34. The van der Waals surface area contributed by atoms with E-state index in [0.29, 0.717) is 37.8 Å². The minimum Gasteiger partial charge on any atom is -0.497 e. The number of nitrogens with one attached hydrogen (secondary N) is 1. The van der Waals surface area contributed by atoms with Gasteiger partial charge >= 0.3 is 6.18 Å². The Bertz CT molecular complexity index is 1120. The molecule has 1 aliphatic heterocycles. The molecule has 7 heteroatoms. The van der Waals surface area contributed by atoms with Crippen LogP contribution < -0.4 is 4.74 Å². The molecule has 1 aliphatic rings. The molecule has 0 saturated heterocycles. The van der Waals surface area contributed by atoms with E-state index in [4.69, 9.17) is 4.74 Å². The summed E-state index contributed by atoms with van der Waals surface area (Å²) in [6.45, 7) is 2.45. The van der Waals surface area contributed by atoms with Gasteiger partial charge in [-0.05, 0) is 71.7 Å². The lowest BCUT2D eigenvalue weighted by Gasteiger charge is -2.36. The molecule has 0 saturated carbocycles. The van der Waals surface area contributed by atoms with Crippen molar-refractivity contribution in [2.75, 3.05) is 13.7 Å². The molecule has 4 nitrogen and oxygen atoms in total. The molecule has 0 radical (unpaired) electrons. The molecule has 0 aliphatic carbocycles. The van der Waals surface area contributed by atoms with Crippen molar-refractivity contribution >= 4 is 17.3 Å². The predicted molar refractivity (Wildman–Crippen MR) is 118 cm³/mol. The Hall–Kier alpha value is -2.96. The van der Waals surface area contributed by atoms with Gasteiger partial charge in [-0.2, -0.15) is 13.2 Å². The maximum absolute atomic E-state index is 13.2. The predicted octanol–water partition coefficient (Wildman–Crippen LogP) is 5.53. The maximum Gasteiger partial charge on any atom is 0.393 e. The van der Waals surface area contributed by atoms with Crippen LogP contribution in [0.2, 0.25) is 0 Å². The number of nitrogens with zero attached hydrogens (tertiary/aromatic N) is 1. The van der Waals surface area contributed by atoms with E-state index in [-0.39, 0.29) is 6.04 Å². The van der Waals surface area contributed by atoms with Crippen molar-refractivity contribution in [1.29, 1.82) is 0 Å². The number of methoxy groups -OCH3 is 1. The zero-order chi connectivity index (χ0) is 22.9. The van der Waals surface area contributed by atoms with Gasteiger partial charge in [-0.1, -0.05) is 19.1 Å². The molecule has 0 spiro atoms. The van der Waals surface area contributed by atoms with Gasteiger partial charge in [-0.3, -0.25) is 4.79 Å². The van der Waals surface area contributed by atoms with Crippen molar-refractivity contribution in [1.82, 2.24) is 9.88 Å². The lowest BCUT2D eigenvalue weighted by Crippen LogP contribution is -2.35. The third-order valence-electron chi connectivity index (χ3n) is 6.43. The highest BCUT2D eigenvalue weighted by molar-refractivity contribution is 5.84. The summed E-state index contributed by atoms with van der Waals surface area (Å²) in [4.78, 5) is 16.8. The third-order valence-corrected chi connectivity index (χ3v) is 6.43. The number of fused-ring (bicyclic) bond motifs is 2. The monoisotopic (exact) mass is 444 g/mol. The van der Waals surface area contributed by atoms with E-state index in [1.165, 1.54) is 0 Å². The molecule has 1 N–H and O–H groups in total. The summed E-state index contributed by atoms with van der Waals surface area (Å²) in [6, 6.07) is 9.19. The Morgan fingerprint density at radius 3 is 2.69 bits per heavy atom. The molecular formula is C25H27F3N2O2. The highest BCUT2D eigenvalue weighted by atomic mass is 19.4. The molecule has 170 valence electrons. The molecule has 1 amide bonds. The van der Waals surface area contributed by atoms with Crippen LogP contribution in [0.4, 0.5) is 13.2 Å². The molecule has 32 heavy (non-hydrogen) atoms. The van der Waals surface area contributed by atoms with Crippen LogP contribution in [0.5, 0.6) is 5.75 Å². The van der Waals surface area contributed by atoms with Gasteiger partial charge in [0.15, 0.2) is 0 Å². The second-order valence-electron chi connectivity index (χ2n) is 8.34. The Labute approximate surface area is 185 Å². The van der Waals surface area contributed by atoms with Crippen LogP contribution in [0.15, 0.2) is 36.5 Å². The first-order chi connectivity index (χ1) is 15.3. The van der Waals surface area contributed by atoms with Gasteiger partial charge in [0, 0.05) is 23.6 Å². The first-order valence-corrected chi connectivity index (χ1v) is 10.9. The van der Waals surface area contributed by atoms with Crippen LogP contribution in [0, 0.1) is 0 Å².